The first-order valence-corrected chi connectivity index (χ1v) is 6.29. The summed E-state index contributed by atoms with van der Waals surface area (Å²) in [6.45, 7) is 1.73. The molecule has 0 radical (unpaired) electrons. The third kappa shape index (κ3) is 2.62. The molecule has 0 saturated carbocycles. The molecule has 2 aliphatic rings. The Kier molecular flexibility index (Phi) is 4.35. The molecule has 0 amide bonds. The van der Waals surface area contributed by atoms with E-state index in [-0.39, 0.29) is 6.54 Å². The number of piperidine rings is 1. The SMILES string of the molecule is NC[C@H]1OC(O)[C@@H](N2CCCCC2)[C@@H](O)[C@H]1O. The van der Waals surface area contributed by atoms with Gasteiger partial charge in [-0.05, 0) is 25.9 Å². The van der Waals surface area contributed by atoms with Crippen molar-refractivity contribution in [2.75, 3.05) is 19.6 Å². The lowest BCUT2D eigenvalue weighted by Gasteiger charge is -2.46. The highest BCUT2D eigenvalue weighted by atomic mass is 16.6. The number of ether oxygens (including phenoxy) is 1. The Bertz CT molecular complexity index is 248. The Morgan fingerprint density at radius 1 is 1.06 bits per heavy atom. The van der Waals surface area contributed by atoms with Gasteiger partial charge in [-0.1, -0.05) is 6.42 Å². The van der Waals surface area contributed by atoms with E-state index in [1.165, 1.54) is 6.42 Å². The van der Waals surface area contributed by atoms with Crippen LogP contribution in [0.4, 0.5) is 0 Å². The molecule has 0 spiro atoms. The maximum atomic E-state index is 10.1. The van der Waals surface area contributed by atoms with Crippen LogP contribution in [0.1, 0.15) is 19.3 Å². The van der Waals surface area contributed by atoms with Gasteiger partial charge in [-0.15, -0.1) is 0 Å². The second-order valence-corrected chi connectivity index (χ2v) is 4.87. The van der Waals surface area contributed by atoms with E-state index in [0.717, 1.165) is 25.9 Å². The summed E-state index contributed by atoms with van der Waals surface area (Å²) >= 11 is 0. The molecule has 2 fully saturated rings. The molecular weight excluding hydrogens is 224 g/mol. The molecule has 17 heavy (non-hydrogen) atoms. The van der Waals surface area contributed by atoms with Gasteiger partial charge in [0.15, 0.2) is 6.29 Å². The summed E-state index contributed by atoms with van der Waals surface area (Å²) in [4.78, 5) is 1.99. The summed E-state index contributed by atoms with van der Waals surface area (Å²) in [5, 5.41) is 29.9. The molecule has 2 heterocycles. The molecule has 5 atom stereocenters. The third-order valence-electron chi connectivity index (χ3n) is 3.73. The molecule has 2 rings (SSSR count). The predicted molar refractivity (Wildman–Crippen MR) is 61.2 cm³/mol. The van der Waals surface area contributed by atoms with Crippen LogP contribution in [-0.4, -0.2) is 70.5 Å². The highest BCUT2D eigenvalue weighted by Gasteiger charge is 2.45. The number of nitrogens with zero attached hydrogens (tertiary/aromatic N) is 1. The highest BCUT2D eigenvalue weighted by molar-refractivity contribution is 4.95. The predicted octanol–water partition coefficient (Wildman–Crippen LogP) is -1.76. The van der Waals surface area contributed by atoms with Crippen molar-refractivity contribution in [2.24, 2.45) is 5.73 Å². The largest absolute Gasteiger partial charge is 0.388 e. The van der Waals surface area contributed by atoms with Crippen molar-refractivity contribution in [1.29, 1.82) is 0 Å². The van der Waals surface area contributed by atoms with Gasteiger partial charge in [0, 0.05) is 6.54 Å². The fraction of sp³-hybridized carbons (Fsp3) is 1.00. The lowest BCUT2D eigenvalue weighted by Crippen LogP contribution is -2.65. The zero-order chi connectivity index (χ0) is 12.4. The summed E-state index contributed by atoms with van der Waals surface area (Å²) in [5.74, 6) is 0. The number of hydrogen-bond donors (Lipinski definition) is 4. The van der Waals surface area contributed by atoms with Crippen molar-refractivity contribution in [3.05, 3.63) is 0 Å². The van der Waals surface area contributed by atoms with Crippen LogP contribution in [0, 0.1) is 0 Å². The Hall–Kier alpha value is -0.240. The quantitative estimate of drug-likeness (QED) is 0.461. The molecule has 2 saturated heterocycles. The van der Waals surface area contributed by atoms with E-state index < -0.39 is 30.6 Å². The fourth-order valence-corrected chi connectivity index (χ4v) is 2.74. The molecule has 5 N–H and O–H groups in total. The van der Waals surface area contributed by atoms with Crippen LogP contribution in [0.2, 0.25) is 0 Å². The van der Waals surface area contributed by atoms with Crippen LogP contribution in [-0.2, 0) is 4.74 Å². The monoisotopic (exact) mass is 246 g/mol. The second kappa shape index (κ2) is 5.60. The van der Waals surface area contributed by atoms with E-state index in [0.29, 0.717) is 0 Å². The van der Waals surface area contributed by atoms with Gasteiger partial charge in [0.05, 0.1) is 6.04 Å². The van der Waals surface area contributed by atoms with E-state index in [2.05, 4.69) is 0 Å². The average molecular weight is 246 g/mol. The summed E-state index contributed by atoms with van der Waals surface area (Å²) in [6, 6.07) is -0.548. The Morgan fingerprint density at radius 3 is 2.29 bits per heavy atom. The van der Waals surface area contributed by atoms with Crippen molar-refractivity contribution in [3.63, 3.8) is 0 Å². The van der Waals surface area contributed by atoms with Crippen molar-refractivity contribution in [1.82, 2.24) is 4.90 Å². The van der Waals surface area contributed by atoms with E-state index in [4.69, 9.17) is 10.5 Å². The lowest BCUT2D eigenvalue weighted by atomic mass is 9.94. The minimum absolute atomic E-state index is 0.0853. The van der Waals surface area contributed by atoms with E-state index >= 15 is 0 Å². The molecule has 6 heteroatoms. The van der Waals surface area contributed by atoms with Gasteiger partial charge in [0.25, 0.3) is 0 Å². The Morgan fingerprint density at radius 2 is 1.71 bits per heavy atom. The van der Waals surface area contributed by atoms with Gasteiger partial charge in [0.1, 0.15) is 18.3 Å². The maximum Gasteiger partial charge on any atom is 0.173 e. The molecule has 2 aliphatic heterocycles. The number of nitrogens with two attached hydrogens (primary N) is 1. The molecule has 100 valence electrons. The molecule has 0 aromatic carbocycles. The van der Waals surface area contributed by atoms with Crippen LogP contribution in [0.3, 0.4) is 0 Å². The minimum Gasteiger partial charge on any atom is -0.388 e. The zero-order valence-corrected chi connectivity index (χ0v) is 9.90. The van der Waals surface area contributed by atoms with Crippen molar-refractivity contribution < 1.29 is 20.1 Å². The standard InChI is InChI=1S/C11H22N2O4/c12-6-7-9(14)10(15)8(11(16)17-7)13-4-2-1-3-5-13/h7-11,14-16H,1-6,12H2/t7-,8+,9+,10-,11?/m1/s1. The molecule has 0 bridgehead atoms. The van der Waals surface area contributed by atoms with Gasteiger partial charge in [-0.25, -0.2) is 0 Å². The van der Waals surface area contributed by atoms with E-state index in [1.54, 1.807) is 0 Å². The molecular formula is C11H22N2O4. The summed E-state index contributed by atoms with van der Waals surface area (Å²) in [5.41, 5.74) is 5.42. The van der Waals surface area contributed by atoms with Gasteiger partial charge in [0.2, 0.25) is 0 Å². The van der Waals surface area contributed by atoms with E-state index in [9.17, 15) is 15.3 Å². The first kappa shape index (κ1) is 13.2. The highest BCUT2D eigenvalue weighted by Crippen LogP contribution is 2.25. The van der Waals surface area contributed by atoms with Crippen LogP contribution >= 0.6 is 0 Å². The van der Waals surface area contributed by atoms with Crippen LogP contribution in [0.15, 0.2) is 0 Å². The summed E-state index contributed by atoms with van der Waals surface area (Å²) < 4.78 is 5.26. The second-order valence-electron chi connectivity index (χ2n) is 4.87. The lowest BCUT2D eigenvalue weighted by molar-refractivity contribution is -0.265. The number of aliphatic hydroxyl groups is 3. The van der Waals surface area contributed by atoms with Gasteiger partial charge < -0.3 is 25.8 Å². The topological polar surface area (TPSA) is 99.2 Å². The summed E-state index contributed by atoms with van der Waals surface area (Å²) in [7, 11) is 0. The van der Waals surface area contributed by atoms with Crippen molar-refractivity contribution in [2.45, 2.75) is 49.9 Å². The van der Waals surface area contributed by atoms with Gasteiger partial charge in [-0.3, -0.25) is 4.90 Å². The fourth-order valence-electron chi connectivity index (χ4n) is 2.74. The molecule has 0 aromatic rings. The van der Waals surface area contributed by atoms with Crippen LogP contribution < -0.4 is 5.73 Å². The van der Waals surface area contributed by atoms with Gasteiger partial charge in [-0.2, -0.15) is 0 Å². The Balaban J connectivity index is 2.05. The molecule has 0 aliphatic carbocycles. The maximum absolute atomic E-state index is 10.1. The zero-order valence-electron chi connectivity index (χ0n) is 9.90. The number of rotatable bonds is 2. The molecule has 1 unspecified atom stereocenters. The van der Waals surface area contributed by atoms with Crippen molar-refractivity contribution >= 4 is 0 Å². The average Bonchev–Trinajstić information content (AvgIpc) is 2.35. The number of likely N-dealkylation sites (tertiary alicyclic amines) is 1. The summed E-state index contributed by atoms with van der Waals surface area (Å²) in [6.07, 6.45) is -0.551. The third-order valence-corrected chi connectivity index (χ3v) is 3.73. The molecule has 0 aromatic heterocycles. The first-order chi connectivity index (χ1) is 8.15. The van der Waals surface area contributed by atoms with Crippen LogP contribution in [0.25, 0.3) is 0 Å². The smallest absolute Gasteiger partial charge is 0.173 e. The van der Waals surface area contributed by atoms with Crippen molar-refractivity contribution in [3.8, 4) is 0 Å². The van der Waals surface area contributed by atoms with Crippen LogP contribution in [0.5, 0.6) is 0 Å². The Labute approximate surface area is 101 Å². The number of hydrogen-bond acceptors (Lipinski definition) is 6. The first-order valence-electron chi connectivity index (χ1n) is 6.29. The number of aliphatic hydroxyl groups excluding tert-OH is 3. The molecule has 6 nitrogen and oxygen atoms in total. The normalized spacial score (nSPS) is 44.8. The van der Waals surface area contributed by atoms with E-state index in [1.807, 2.05) is 4.90 Å². The minimum atomic E-state index is -1.08. The van der Waals surface area contributed by atoms with Gasteiger partial charge >= 0.3 is 0 Å².